The minimum Gasteiger partial charge on any atom is -0.493 e. The van der Waals surface area contributed by atoms with Crippen molar-refractivity contribution in [2.75, 3.05) is 54.6 Å². The summed E-state index contributed by atoms with van der Waals surface area (Å²) in [6.45, 7) is 15.2. The monoisotopic (exact) mass is 1240 g/mol. The normalized spacial score (nSPS) is 14.0. The Balaban J connectivity index is 0.000000202. The van der Waals surface area contributed by atoms with Crippen LogP contribution in [0.5, 0.6) is 28.7 Å². The number of urea groups is 2. The fourth-order valence-electron chi connectivity index (χ4n) is 11.4. The zero-order valence-corrected chi connectivity index (χ0v) is 53.3. The first kappa shape index (κ1) is 65.1. The van der Waals surface area contributed by atoms with Crippen LogP contribution in [-0.2, 0) is 6.54 Å². The third-order valence-electron chi connectivity index (χ3n) is 16.6. The number of amides is 6. The van der Waals surface area contributed by atoms with Crippen LogP contribution in [-0.4, -0.2) is 99.4 Å². The largest absolute Gasteiger partial charge is 0.493 e. The van der Waals surface area contributed by atoms with E-state index < -0.39 is 0 Å². The number of fused-ring (bicyclic) bond motifs is 1. The molecule has 1 unspecified atom stereocenters. The molecule has 0 bridgehead atoms. The quantitative estimate of drug-likeness (QED) is 0.0363. The first-order valence-electron chi connectivity index (χ1n) is 31.9. The van der Waals surface area contributed by atoms with Gasteiger partial charge >= 0.3 is 12.1 Å². The van der Waals surface area contributed by atoms with Crippen molar-refractivity contribution >= 4 is 57.5 Å². The smallest absolute Gasteiger partial charge is 0.319 e. The molecule has 11 rings (SSSR count). The molecule has 92 heavy (non-hydrogen) atoms. The van der Waals surface area contributed by atoms with E-state index in [1.807, 2.05) is 82.4 Å². The standard InChI is InChI=1S/C38H41N5O3.C36H43N5O5/c1-26(2)39-38(45)41-30-15-21-33(22-16-30)46-32-19-13-29(14-20-32)40-37(44)28-11-17-31(18-12-28)43-25-35(34-9-5-6-10-36(34)43)27(3)42-23-7-4-8-24-42;1-4-27(5-2)38-36(44)39-28-8-13-32(14-9-28)46-33-15-10-29(22-34(33)45-3)37-35(43)26-6-11-30(12-7-26)41-21-16-25(24-41)23-40-19-17-31(42)18-20-40/h5-6,9-22,25-27H,4,7-8,23-24H2,1-3H3,(H,40,44)(H2,39,41,45);6-16,21-22,24,27,31,42H,4-5,17-20,23H2,1-3H3,(H,37,43)(H2,38,39,44). The molecule has 18 nitrogen and oxygen atoms in total. The topological polar surface area (TPSA) is 205 Å². The van der Waals surface area contributed by atoms with Crippen LogP contribution in [0.3, 0.4) is 0 Å². The number of aliphatic hydroxyl groups excluding tert-OH is 1. The molecule has 6 amide bonds. The number of methoxy groups -OCH3 is 1. The van der Waals surface area contributed by atoms with Gasteiger partial charge in [-0.15, -0.1) is 0 Å². The van der Waals surface area contributed by atoms with Crippen LogP contribution < -0.4 is 46.1 Å². The molecule has 2 aliphatic heterocycles. The number of para-hydroxylation sites is 1. The minimum absolute atomic E-state index is 0.0546. The van der Waals surface area contributed by atoms with E-state index in [0.29, 0.717) is 68.7 Å². The maximum Gasteiger partial charge on any atom is 0.319 e. The highest BCUT2D eigenvalue weighted by Crippen LogP contribution is 2.36. The van der Waals surface area contributed by atoms with Gasteiger partial charge in [-0.25, -0.2) is 9.59 Å². The van der Waals surface area contributed by atoms with Gasteiger partial charge < -0.3 is 60.4 Å². The molecule has 2 aromatic heterocycles. The molecular formula is C74H84N10O8. The lowest BCUT2D eigenvalue weighted by Crippen LogP contribution is -2.37. The summed E-state index contributed by atoms with van der Waals surface area (Å²) in [7, 11) is 1.54. The molecule has 4 heterocycles. The summed E-state index contributed by atoms with van der Waals surface area (Å²) in [4.78, 5) is 55.2. The second kappa shape index (κ2) is 31.2. The van der Waals surface area contributed by atoms with Crippen LogP contribution in [0.25, 0.3) is 22.3 Å². The van der Waals surface area contributed by atoms with Crippen LogP contribution in [0.4, 0.5) is 32.3 Å². The van der Waals surface area contributed by atoms with Crippen molar-refractivity contribution < 1.29 is 38.5 Å². The first-order chi connectivity index (χ1) is 44.7. The van der Waals surface area contributed by atoms with Gasteiger partial charge in [0, 0.05) is 113 Å². The molecule has 0 radical (unpaired) electrons. The van der Waals surface area contributed by atoms with E-state index in [4.69, 9.17) is 14.2 Å². The average molecular weight is 1240 g/mol. The predicted octanol–water partition coefficient (Wildman–Crippen LogP) is 15.5. The number of hydrogen-bond donors (Lipinski definition) is 7. The van der Waals surface area contributed by atoms with E-state index in [0.717, 1.165) is 69.8 Å². The van der Waals surface area contributed by atoms with Crippen LogP contribution in [0.15, 0.2) is 188 Å². The fraction of sp³-hybridized carbons (Fsp3) is 0.297. The maximum atomic E-state index is 13.1. The lowest BCUT2D eigenvalue weighted by molar-refractivity contribution is 0.0792. The highest BCUT2D eigenvalue weighted by atomic mass is 16.5. The van der Waals surface area contributed by atoms with Gasteiger partial charge in [0.05, 0.1) is 18.7 Å². The number of carbonyl (C=O) groups is 4. The summed E-state index contributed by atoms with van der Waals surface area (Å²) >= 11 is 0. The Kier molecular flexibility index (Phi) is 22.1. The number of nitrogens with one attached hydrogen (secondary N) is 6. The summed E-state index contributed by atoms with van der Waals surface area (Å²) in [5.41, 5.74) is 9.39. The molecule has 0 aliphatic carbocycles. The van der Waals surface area contributed by atoms with E-state index in [1.54, 1.807) is 98.1 Å². The number of aromatic nitrogens is 2. The number of benzene rings is 7. The predicted molar refractivity (Wildman–Crippen MR) is 366 cm³/mol. The number of aliphatic hydroxyl groups is 1. The average Bonchev–Trinajstić information content (AvgIpc) is 1.65. The van der Waals surface area contributed by atoms with Crippen molar-refractivity contribution in [3.63, 3.8) is 0 Å². The van der Waals surface area contributed by atoms with Crippen molar-refractivity contribution in [1.29, 1.82) is 0 Å². The highest BCUT2D eigenvalue weighted by Gasteiger charge is 2.23. The number of likely N-dealkylation sites (tertiary alicyclic amines) is 2. The van der Waals surface area contributed by atoms with Gasteiger partial charge in [0.25, 0.3) is 11.8 Å². The molecule has 478 valence electrons. The van der Waals surface area contributed by atoms with E-state index in [-0.39, 0.29) is 42.1 Å². The molecule has 7 N–H and O–H groups in total. The number of hydrogen-bond acceptors (Lipinski definition) is 10. The number of anilines is 4. The van der Waals surface area contributed by atoms with E-state index in [1.165, 1.54) is 41.3 Å². The summed E-state index contributed by atoms with van der Waals surface area (Å²) in [5.74, 6) is 2.37. The van der Waals surface area contributed by atoms with Gasteiger partial charge in [0.15, 0.2) is 11.5 Å². The zero-order valence-electron chi connectivity index (χ0n) is 53.3. The number of ether oxygens (including phenoxy) is 3. The highest BCUT2D eigenvalue weighted by molar-refractivity contribution is 6.05. The van der Waals surface area contributed by atoms with Gasteiger partial charge in [-0.1, -0.05) is 38.5 Å². The minimum atomic E-state index is -0.251. The first-order valence-corrected chi connectivity index (χ1v) is 31.9. The Bertz CT molecular complexity index is 3890. The zero-order chi connectivity index (χ0) is 64.5. The number of piperidine rings is 2. The Morgan fingerprint density at radius 3 is 1.66 bits per heavy atom. The summed E-state index contributed by atoms with van der Waals surface area (Å²) in [6.07, 6.45) is 13.5. The summed E-state index contributed by atoms with van der Waals surface area (Å²) in [6, 6.07) is 52.6. The SMILES string of the molecule is CC(C)NC(=O)Nc1ccc(Oc2ccc(NC(=O)c3ccc(-n4cc(C(C)N5CCCCC5)c5ccccc54)cc3)cc2)cc1.CCC(CC)NC(=O)Nc1ccc(Oc2ccc(NC(=O)c3ccc(-n4ccc(CN5CCC(O)CC5)c4)cc3)cc2OC)cc1. The Morgan fingerprint density at radius 2 is 1.09 bits per heavy atom. The molecular weight excluding hydrogens is 1160 g/mol. The van der Waals surface area contributed by atoms with Crippen LogP contribution in [0, 0.1) is 0 Å². The molecule has 7 aromatic carbocycles. The van der Waals surface area contributed by atoms with Gasteiger partial charge in [-0.05, 0) is 229 Å². The van der Waals surface area contributed by atoms with Crippen LogP contribution in [0.1, 0.15) is 117 Å². The lowest BCUT2D eigenvalue weighted by Gasteiger charge is -2.32. The molecule has 0 saturated carbocycles. The number of rotatable bonds is 21. The summed E-state index contributed by atoms with van der Waals surface area (Å²) < 4.78 is 21.8. The van der Waals surface area contributed by atoms with E-state index >= 15 is 0 Å². The second-order valence-electron chi connectivity index (χ2n) is 23.7. The lowest BCUT2D eigenvalue weighted by atomic mass is 10.0. The molecule has 2 saturated heterocycles. The second-order valence-corrected chi connectivity index (χ2v) is 23.7. The third-order valence-corrected chi connectivity index (χ3v) is 16.6. The molecule has 9 aromatic rings. The van der Waals surface area contributed by atoms with E-state index in [2.05, 4.69) is 100 Å². The van der Waals surface area contributed by atoms with Crippen molar-refractivity contribution in [3.05, 3.63) is 211 Å². The van der Waals surface area contributed by atoms with Crippen molar-refractivity contribution in [2.24, 2.45) is 0 Å². The van der Waals surface area contributed by atoms with Gasteiger partial charge in [0.2, 0.25) is 0 Å². The van der Waals surface area contributed by atoms with Crippen LogP contribution in [0.2, 0.25) is 0 Å². The molecule has 2 fully saturated rings. The van der Waals surface area contributed by atoms with Gasteiger partial charge in [-0.2, -0.15) is 0 Å². The van der Waals surface area contributed by atoms with Gasteiger partial charge in [-0.3, -0.25) is 19.4 Å². The Labute approximate surface area is 538 Å². The summed E-state index contributed by atoms with van der Waals surface area (Å²) in [5, 5.41) is 28.3. The van der Waals surface area contributed by atoms with Gasteiger partial charge in [0.1, 0.15) is 17.2 Å². The molecule has 2 aliphatic rings. The third kappa shape index (κ3) is 17.5. The molecule has 1 atom stereocenters. The molecule has 0 spiro atoms. The number of carbonyl (C=O) groups excluding carboxylic acids is 4. The van der Waals surface area contributed by atoms with Crippen molar-refractivity contribution in [2.45, 2.75) is 110 Å². The number of nitrogens with zero attached hydrogens (tertiary/aromatic N) is 4. The Hall–Kier alpha value is -9.88. The molecule has 18 heteroatoms. The van der Waals surface area contributed by atoms with Crippen molar-refractivity contribution in [1.82, 2.24) is 29.6 Å². The van der Waals surface area contributed by atoms with Crippen LogP contribution >= 0.6 is 0 Å². The van der Waals surface area contributed by atoms with Crippen molar-refractivity contribution in [3.8, 4) is 40.1 Å². The Morgan fingerprint density at radius 1 is 0.554 bits per heavy atom. The maximum absolute atomic E-state index is 13.1. The van der Waals surface area contributed by atoms with E-state index in [9.17, 15) is 24.3 Å². The fourth-order valence-corrected chi connectivity index (χ4v) is 11.4.